The average molecular weight is 192 g/mol. The van der Waals surface area contributed by atoms with E-state index in [-0.39, 0.29) is 0 Å². The van der Waals surface area contributed by atoms with E-state index >= 15 is 0 Å². The summed E-state index contributed by atoms with van der Waals surface area (Å²) in [5, 5.41) is 0. The number of thiocarbonyl (C=S) groups is 1. The third-order valence-corrected chi connectivity index (χ3v) is 3.20. The Morgan fingerprint density at radius 2 is 1.92 bits per heavy atom. The fourth-order valence-corrected chi connectivity index (χ4v) is 2.38. The molecule has 0 saturated carbocycles. The molecule has 0 unspecified atom stereocenters. The van der Waals surface area contributed by atoms with Gasteiger partial charge in [-0.2, -0.15) is 0 Å². The predicted octanol–water partition coefficient (Wildman–Crippen LogP) is 3.14. The van der Waals surface area contributed by atoms with E-state index in [0.717, 1.165) is 9.95 Å². The summed E-state index contributed by atoms with van der Waals surface area (Å²) in [4.78, 5) is 0. The Hall–Kier alpha value is -0.600. The lowest BCUT2D eigenvalue weighted by Crippen LogP contribution is -1.87. The van der Waals surface area contributed by atoms with Crippen LogP contribution in [0, 0.1) is 0 Å². The number of thioether (sulfide) groups is 1. The van der Waals surface area contributed by atoms with E-state index in [9.17, 15) is 0 Å². The van der Waals surface area contributed by atoms with Crippen molar-refractivity contribution in [3.63, 3.8) is 0 Å². The molecule has 1 aromatic rings. The van der Waals surface area contributed by atoms with Crippen molar-refractivity contribution < 1.29 is 0 Å². The predicted molar refractivity (Wildman–Crippen MR) is 59.5 cm³/mol. The zero-order valence-electron chi connectivity index (χ0n) is 6.49. The van der Waals surface area contributed by atoms with E-state index in [2.05, 4.69) is 18.2 Å². The van der Waals surface area contributed by atoms with E-state index in [1.54, 1.807) is 11.8 Å². The van der Waals surface area contributed by atoms with Gasteiger partial charge in [0, 0.05) is 11.3 Å². The first-order valence-electron chi connectivity index (χ1n) is 3.80. The van der Waals surface area contributed by atoms with Crippen molar-refractivity contribution in [1.82, 2.24) is 0 Å². The van der Waals surface area contributed by atoms with Gasteiger partial charge in [-0.05, 0) is 5.56 Å². The maximum Gasteiger partial charge on any atom is 0.0784 e. The quantitative estimate of drug-likeness (QED) is 0.627. The molecule has 0 bridgehead atoms. The van der Waals surface area contributed by atoms with Crippen molar-refractivity contribution in [3.8, 4) is 0 Å². The van der Waals surface area contributed by atoms with Crippen LogP contribution in [0.5, 0.6) is 0 Å². The topological polar surface area (TPSA) is 0 Å². The van der Waals surface area contributed by atoms with E-state index in [4.69, 9.17) is 12.2 Å². The normalized spacial score (nSPS) is 16.3. The summed E-state index contributed by atoms with van der Waals surface area (Å²) in [6.45, 7) is 0. The fourth-order valence-electron chi connectivity index (χ4n) is 1.22. The smallest absolute Gasteiger partial charge is 0.0784 e. The summed E-state index contributed by atoms with van der Waals surface area (Å²) < 4.78 is 1.03. The lowest BCUT2D eigenvalue weighted by molar-refractivity contribution is 1.64. The second-order valence-corrected chi connectivity index (χ2v) is 4.28. The Kier molecular flexibility index (Phi) is 2.28. The summed E-state index contributed by atoms with van der Waals surface area (Å²) in [5.41, 5.74) is 2.48. The first-order chi connectivity index (χ1) is 5.88. The van der Waals surface area contributed by atoms with Crippen molar-refractivity contribution in [1.29, 1.82) is 0 Å². The number of benzene rings is 1. The van der Waals surface area contributed by atoms with Crippen LogP contribution >= 0.6 is 24.0 Å². The van der Waals surface area contributed by atoms with Crippen LogP contribution in [0.3, 0.4) is 0 Å². The fraction of sp³-hybridized carbons (Fsp3) is 0.100. The molecular weight excluding hydrogens is 184 g/mol. The van der Waals surface area contributed by atoms with Gasteiger partial charge in [-0.15, -0.1) is 11.8 Å². The van der Waals surface area contributed by atoms with Crippen LogP contribution in [0.15, 0.2) is 36.4 Å². The Labute approximate surface area is 81.7 Å². The molecule has 0 radical (unpaired) electrons. The Balaban J connectivity index is 2.38. The van der Waals surface area contributed by atoms with Gasteiger partial charge in [0.15, 0.2) is 0 Å². The summed E-state index contributed by atoms with van der Waals surface area (Å²) in [6.07, 6.45) is 2.20. The SMILES string of the molecule is S=C1SCC=C1c1ccccc1. The largest absolute Gasteiger partial charge is 0.110 e. The molecule has 0 amide bonds. The van der Waals surface area contributed by atoms with E-state index < -0.39 is 0 Å². The minimum atomic E-state index is 1.03. The van der Waals surface area contributed by atoms with Crippen molar-refractivity contribution in [2.45, 2.75) is 0 Å². The van der Waals surface area contributed by atoms with Crippen LogP contribution in [0.4, 0.5) is 0 Å². The van der Waals surface area contributed by atoms with Crippen LogP contribution in [-0.4, -0.2) is 9.95 Å². The molecule has 1 aliphatic heterocycles. The summed E-state index contributed by atoms with van der Waals surface area (Å²) in [7, 11) is 0. The van der Waals surface area contributed by atoms with Gasteiger partial charge in [0.1, 0.15) is 0 Å². The van der Waals surface area contributed by atoms with Crippen molar-refractivity contribution in [2.24, 2.45) is 0 Å². The summed E-state index contributed by atoms with van der Waals surface area (Å²) >= 11 is 6.96. The highest BCUT2D eigenvalue weighted by molar-refractivity contribution is 8.25. The maximum absolute atomic E-state index is 5.22. The van der Waals surface area contributed by atoms with Crippen LogP contribution in [0.25, 0.3) is 5.57 Å². The van der Waals surface area contributed by atoms with Gasteiger partial charge in [-0.25, -0.2) is 0 Å². The number of hydrogen-bond donors (Lipinski definition) is 0. The van der Waals surface area contributed by atoms with Gasteiger partial charge in [-0.1, -0.05) is 48.6 Å². The van der Waals surface area contributed by atoms with Gasteiger partial charge in [0.25, 0.3) is 0 Å². The average Bonchev–Trinajstić information content (AvgIpc) is 2.53. The van der Waals surface area contributed by atoms with Gasteiger partial charge in [0.05, 0.1) is 4.20 Å². The number of rotatable bonds is 1. The minimum Gasteiger partial charge on any atom is -0.110 e. The first-order valence-corrected chi connectivity index (χ1v) is 5.20. The molecule has 0 nitrogen and oxygen atoms in total. The number of hydrogen-bond acceptors (Lipinski definition) is 2. The van der Waals surface area contributed by atoms with Gasteiger partial charge in [-0.3, -0.25) is 0 Å². The van der Waals surface area contributed by atoms with Crippen molar-refractivity contribution in [2.75, 3.05) is 5.75 Å². The molecule has 1 heterocycles. The molecule has 60 valence electrons. The van der Waals surface area contributed by atoms with Crippen LogP contribution < -0.4 is 0 Å². The zero-order chi connectivity index (χ0) is 8.39. The van der Waals surface area contributed by atoms with E-state index in [1.807, 2.05) is 18.2 Å². The molecule has 2 rings (SSSR count). The monoisotopic (exact) mass is 192 g/mol. The molecule has 0 saturated heterocycles. The molecule has 0 N–H and O–H groups in total. The Morgan fingerprint density at radius 3 is 2.50 bits per heavy atom. The molecule has 1 aromatic carbocycles. The second-order valence-electron chi connectivity index (χ2n) is 2.58. The summed E-state index contributed by atoms with van der Waals surface area (Å²) in [6, 6.07) is 10.3. The standard InChI is InChI=1S/C10H8S2/c11-10-9(6-7-12-10)8-4-2-1-3-5-8/h1-6H,7H2. The molecular formula is C10H8S2. The van der Waals surface area contributed by atoms with Crippen LogP contribution in [0.1, 0.15) is 5.56 Å². The first kappa shape index (κ1) is 8.02. The molecule has 2 heteroatoms. The highest BCUT2D eigenvalue weighted by Gasteiger charge is 2.12. The Morgan fingerprint density at radius 1 is 1.17 bits per heavy atom. The summed E-state index contributed by atoms with van der Waals surface area (Å²) in [5.74, 6) is 1.03. The van der Waals surface area contributed by atoms with Crippen molar-refractivity contribution >= 4 is 33.7 Å². The third-order valence-electron chi connectivity index (χ3n) is 1.81. The van der Waals surface area contributed by atoms with Crippen LogP contribution in [-0.2, 0) is 0 Å². The highest BCUT2D eigenvalue weighted by Crippen LogP contribution is 2.29. The molecule has 0 aliphatic carbocycles. The molecule has 0 fully saturated rings. The third kappa shape index (κ3) is 1.45. The second kappa shape index (κ2) is 3.42. The lowest BCUT2D eigenvalue weighted by atomic mass is 10.1. The van der Waals surface area contributed by atoms with Gasteiger partial charge < -0.3 is 0 Å². The highest BCUT2D eigenvalue weighted by atomic mass is 32.2. The van der Waals surface area contributed by atoms with Crippen LogP contribution in [0.2, 0.25) is 0 Å². The van der Waals surface area contributed by atoms with E-state index in [0.29, 0.717) is 0 Å². The van der Waals surface area contributed by atoms with Gasteiger partial charge >= 0.3 is 0 Å². The Bertz CT molecular complexity index is 325. The molecule has 0 atom stereocenters. The lowest BCUT2D eigenvalue weighted by Gasteiger charge is -2.00. The molecule has 12 heavy (non-hydrogen) atoms. The van der Waals surface area contributed by atoms with Crippen molar-refractivity contribution in [3.05, 3.63) is 42.0 Å². The van der Waals surface area contributed by atoms with E-state index in [1.165, 1.54) is 11.1 Å². The molecule has 0 aromatic heterocycles. The maximum atomic E-state index is 5.22. The molecule has 1 aliphatic rings. The van der Waals surface area contributed by atoms with Gasteiger partial charge in [0.2, 0.25) is 0 Å². The zero-order valence-corrected chi connectivity index (χ0v) is 8.12. The molecule has 0 spiro atoms. The minimum absolute atomic E-state index is 1.03.